The zero-order valence-electron chi connectivity index (χ0n) is 18.6. The predicted molar refractivity (Wildman–Crippen MR) is 130 cm³/mol. The highest BCUT2D eigenvalue weighted by Gasteiger charge is 2.30. The molecule has 0 saturated heterocycles. The second kappa shape index (κ2) is 10.7. The van der Waals surface area contributed by atoms with E-state index in [0.29, 0.717) is 27.3 Å². The van der Waals surface area contributed by atoms with Gasteiger partial charge in [-0.3, -0.25) is 9.78 Å². The summed E-state index contributed by atoms with van der Waals surface area (Å²) in [6, 6.07) is 14.0. The molecule has 7 nitrogen and oxygen atoms in total. The van der Waals surface area contributed by atoms with Gasteiger partial charge in [-0.2, -0.15) is 9.41 Å². The molecule has 9 heteroatoms. The summed E-state index contributed by atoms with van der Waals surface area (Å²) in [6.07, 6.45) is 4.66. The molecule has 0 atom stereocenters. The molecule has 1 heterocycles. The minimum Gasteiger partial charge on any atom is -0.272 e. The van der Waals surface area contributed by atoms with E-state index in [1.54, 1.807) is 62.6 Å². The number of rotatable bonds is 8. The van der Waals surface area contributed by atoms with Crippen molar-refractivity contribution < 1.29 is 13.2 Å². The Morgan fingerprint density at radius 3 is 2.39 bits per heavy atom. The highest BCUT2D eigenvalue weighted by Crippen LogP contribution is 2.26. The number of hydrogen-bond acceptors (Lipinski definition) is 5. The second-order valence-corrected chi connectivity index (χ2v) is 10.0. The van der Waals surface area contributed by atoms with E-state index in [0.717, 1.165) is 9.87 Å². The van der Waals surface area contributed by atoms with Crippen LogP contribution in [0.4, 0.5) is 0 Å². The average molecular weight is 485 g/mol. The summed E-state index contributed by atoms with van der Waals surface area (Å²) in [4.78, 5) is 16.8. The summed E-state index contributed by atoms with van der Waals surface area (Å²) in [7, 11) is -3.98. The molecule has 3 rings (SSSR count). The molecule has 0 aliphatic heterocycles. The molecule has 0 spiro atoms. The van der Waals surface area contributed by atoms with Crippen LogP contribution in [0.1, 0.15) is 27.8 Å². The normalized spacial score (nSPS) is 11.8. The van der Waals surface area contributed by atoms with Crippen molar-refractivity contribution >= 4 is 33.7 Å². The predicted octanol–water partition coefficient (Wildman–Crippen LogP) is 4.00. The topological polar surface area (TPSA) is 91.7 Å². The number of pyridine rings is 1. The Bertz CT molecular complexity index is 1240. The van der Waals surface area contributed by atoms with Crippen molar-refractivity contribution in [1.82, 2.24) is 14.7 Å². The van der Waals surface area contributed by atoms with E-state index in [1.165, 1.54) is 6.21 Å². The Kier molecular flexibility index (Phi) is 7.97. The van der Waals surface area contributed by atoms with Crippen LogP contribution in [0.5, 0.6) is 0 Å². The van der Waals surface area contributed by atoms with Crippen molar-refractivity contribution in [2.75, 3.05) is 6.54 Å². The number of aromatic nitrogens is 1. The van der Waals surface area contributed by atoms with Crippen LogP contribution in [-0.2, 0) is 21.4 Å². The van der Waals surface area contributed by atoms with Crippen molar-refractivity contribution in [3.63, 3.8) is 0 Å². The molecule has 172 valence electrons. The number of hydrogen-bond donors (Lipinski definition) is 1. The van der Waals surface area contributed by atoms with Gasteiger partial charge in [0.15, 0.2) is 0 Å². The fraction of sp³-hybridized carbons (Fsp3) is 0.208. The Morgan fingerprint density at radius 2 is 1.79 bits per heavy atom. The van der Waals surface area contributed by atoms with E-state index in [9.17, 15) is 13.2 Å². The lowest BCUT2D eigenvalue weighted by atomic mass is 10.1. The van der Waals surface area contributed by atoms with Gasteiger partial charge in [-0.1, -0.05) is 47.5 Å². The number of carbonyl (C=O) groups excluding carboxylic acids is 1. The molecule has 0 aliphatic rings. The van der Waals surface area contributed by atoms with E-state index in [-0.39, 0.29) is 11.4 Å². The number of carbonyl (C=O) groups is 1. The molecular weight excluding hydrogens is 460 g/mol. The minimum absolute atomic E-state index is 0.00595. The molecule has 0 unspecified atom stereocenters. The molecular formula is C24H25ClN4O3S. The summed E-state index contributed by atoms with van der Waals surface area (Å²) in [6.45, 7) is 5.03. The van der Waals surface area contributed by atoms with Crippen LogP contribution in [0.15, 0.2) is 70.9 Å². The maximum absolute atomic E-state index is 13.7. The van der Waals surface area contributed by atoms with Crippen LogP contribution < -0.4 is 5.43 Å². The highest BCUT2D eigenvalue weighted by molar-refractivity contribution is 7.89. The third-order valence-corrected chi connectivity index (χ3v) is 7.23. The van der Waals surface area contributed by atoms with Gasteiger partial charge >= 0.3 is 0 Å². The zero-order valence-corrected chi connectivity index (χ0v) is 20.2. The number of nitrogens with zero attached hydrogens (tertiary/aromatic N) is 3. The number of nitrogens with one attached hydrogen (secondary N) is 1. The zero-order chi connectivity index (χ0) is 24.0. The Morgan fingerprint density at radius 1 is 1.12 bits per heavy atom. The van der Waals surface area contributed by atoms with Crippen LogP contribution >= 0.6 is 11.6 Å². The Balaban J connectivity index is 1.88. The molecule has 2 aromatic carbocycles. The highest BCUT2D eigenvalue weighted by atomic mass is 35.5. The molecule has 1 aromatic heterocycles. The van der Waals surface area contributed by atoms with E-state index < -0.39 is 22.5 Å². The molecule has 0 aliphatic carbocycles. The van der Waals surface area contributed by atoms with Gasteiger partial charge in [0.1, 0.15) is 0 Å². The van der Waals surface area contributed by atoms with Crippen LogP contribution in [-0.4, -0.2) is 36.4 Å². The number of sulfonamides is 1. The lowest BCUT2D eigenvalue weighted by Gasteiger charge is -2.24. The van der Waals surface area contributed by atoms with Crippen LogP contribution in [0.25, 0.3) is 0 Å². The Labute approximate surface area is 199 Å². The van der Waals surface area contributed by atoms with Gasteiger partial charge in [0.25, 0.3) is 5.91 Å². The van der Waals surface area contributed by atoms with Crippen molar-refractivity contribution in [3.8, 4) is 0 Å². The third-order valence-electron chi connectivity index (χ3n) is 4.88. The van der Waals surface area contributed by atoms with Gasteiger partial charge in [0.2, 0.25) is 10.0 Å². The number of hydrazone groups is 1. The monoisotopic (exact) mass is 484 g/mol. The first-order chi connectivity index (χ1) is 15.7. The molecule has 3 aromatic rings. The van der Waals surface area contributed by atoms with Gasteiger partial charge in [-0.15, -0.1) is 0 Å². The van der Waals surface area contributed by atoms with E-state index in [2.05, 4.69) is 15.5 Å². The molecule has 0 bridgehead atoms. The first-order valence-electron chi connectivity index (χ1n) is 10.2. The van der Waals surface area contributed by atoms with Crippen molar-refractivity contribution in [3.05, 3.63) is 93.8 Å². The average Bonchev–Trinajstić information content (AvgIpc) is 2.74. The SMILES string of the molecule is Cc1cc(C)c(S(=O)(=O)N(CC(=O)NN=Cc2cccnc2)Cc2ccc(Cl)cc2)c(C)c1. The molecule has 33 heavy (non-hydrogen) atoms. The molecule has 0 saturated carbocycles. The quantitative estimate of drug-likeness (QED) is 0.386. The molecule has 0 fully saturated rings. The van der Waals surface area contributed by atoms with Crippen LogP contribution in [0.3, 0.4) is 0 Å². The summed E-state index contributed by atoms with van der Waals surface area (Å²) >= 11 is 5.97. The van der Waals surface area contributed by atoms with Gasteiger partial charge in [0, 0.05) is 29.5 Å². The number of amides is 1. The maximum atomic E-state index is 13.7. The largest absolute Gasteiger partial charge is 0.272 e. The number of benzene rings is 2. The van der Waals surface area contributed by atoms with Crippen molar-refractivity contribution in [1.29, 1.82) is 0 Å². The first-order valence-corrected chi connectivity index (χ1v) is 12.0. The van der Waals surface area contributed by atoms with E-state index >= 15 is 0 Å². The molecule has 1 N–H and O–H groups in total. The standard InChI is InChI=1S/C24H25ClN4O3S/c1-17-11-18(2)24(19(3)12-17)33(31,32)29(15-20-6-8-22(25)9-7-20)16-23(30)28-27-14-21-5-4-10-26-13-21/h4-14H,15-16H2,1-3H3,(H,28,30). The summed E-state index contributed by atoms with van der Waals surface area (Å²) in [5.41, 5.74) is 6.03. The van der Waals surface area contributed by atoms with Gasteiger partial charge in [-0.05, 0) is 55.7 Å². The van der Waals surface area contributed by atoms with E-state index in [4.69, 9.17) is 11.6 Å². The second-order valence-electron chi connectivity index (χ2n) is 7.71. The first kappa shape index (κ1) is 24.6. The van der Waals surface area contributed by atoms with Gasteiger partial charge < -0.3 is 0 Å². The Hall–Kier alpha value is -3.07. The fourth-order valence-electron chi connectivity index (χ4n) is 3.55. The third kappa shape index (κ3) is 6.47. The maximum Gasteiger partial charge on any atom is 0.255 e. The van der Waals surface area contributed by atoms with Gasteiger partial charge in [-0.25, -0.2) is 13.8 Å². The summed E-state index contributed by atoms with van der Waals surface area (Å²) in [5, 5.41) is 4.45. The lowest BCUT2D eigenvalue weighted by Crippen LogP contribution is -2.39. The molecule has 0 radical (unpaired) electrons. The summed E-state index contributed by atoms with van der Waals surface area (Å²) in [5.74, 6) is -0.560. The number of aryl methyl sites for hydroxylation is 3. The minimum atomic E-state index is -3.98. The summed E-state index contributed by atoms with van der Waals surface area (Å²) < 4.78 is 28.5. The van der Waals surface area contributed by atoms with Gasteiger partial charge in [0.05, 0.1) is 17.7 Å². The fourth-order valence-corrected chi connectivity index (χ4v) is 5.47. The van der Waals surface area contributed by atoms with E-state index in [1.807, 2.05) is 19.1 Å². The smallest absolute Gasteiger partial charge is 0.255 e. The van der Waals surface area contributed by atoms with Crippen molar-refractivity contribution in [2.45, 2.75) is 32.2 Å². The van der Waals surface area contributed by atoms with Crippen LogP contribution in [0.2, 0.25) is 5.02 Å². The number of halogens is 1. The molecule has 1 amide bonds. The lowest BCUT2D eigenvalue weighted by molar-refractivity contribution is -0.121. The van der Waals surface area contributed by atoms with Crippen LogP contribution in [0, 0.1) is 20.8 Å². The van der Waals surface area contributed by atoms with Crippen molar-refractivity contribution in [2.24, 2.45) is 5.10 Å².